The summed E-state index contributed by atoms with van der Waals surface area (Å²) in [5, 5.41) is 3.34. The quantitative estimate of drug-likeness (QED) is 0.832. The lowest BCUT2D eigenvalue weighted by atomic mass is 10.1. The van der Waals surface area contributed by atoms with Crippen molar-refractivity contribution >= 4 is 11.6 Å². The van der Waals surface area contributed by atoms with Crippen LogP contribution in [0, 0.1) is 13.8 Å². The van der Waals surface area contributed by atoms with Gasteiger partial charge in [-0.2, -0.15) is 0 Å². The first kappa shape index (κ1) is 17.3. The summed E-state index contributed by atoms with van der Waals surface area (Å²) in [6, 6.07) is 14.5. The Morgan fingerprint density at radius 3 is 2.32 bits per heavy atom. The van der Waals surface area contributed by atoms with Crippen LogP contribution in [0.4, 0.5) is 5.69 Å². The number of anilines is 1. The van der Waals surface area contributed by atoms with Gasteiger partial charge < -0.3 is 15.0 Å². The number of ether oxygens (including phenoxy) is 1. The highest BCUT2D eigenvalue weighted by Gasteiger charge is 2.32. The zero-order chi connectivity index (χ0) is 17.8. The lowest BCUT2D eigenvalue weighted by Gasteiger charge is -2.24. The van der Waals surface area contributed by atoms with Crippen molar-refractivity contribution in [2.24, 2.45) is 0 Å². The second-order valence-corrected chi connectivity index (χ2v) is 6.72. The molecule has 1 N–H and O–H groups in total. The second-order valence-electron chi connectivity index (χ2n) is 6.72. The van der Waals surface area contributed by atoms with E-state index in [2.05, 4.69) is 31.3 Å². The summed E-state index contributed by atoms with van der Waals surface area (Å²) >= 11 is 0. The minimum atomic E-state index is 0.154. The summed E-state index contributed by atoms with van der Waals surface area (Å²) in [5.74, 6) is 0.991. The number of carbonyl (C=O) groups is 1. The van der Waals surface area contributed by atoms with Crippen LogP contribution in [0.3, 0.4) is 0 Å². The molecule has 4 nitrogen and oxygen atoms in total. The van der Waals surface area contributed by atoms with E-state index in [1.807, 2.05) is 35.2 Å². The molecule has 0 saturated heterocycles. The molecule has 0 heterocycles. The Labute approximate surface area is 149 Å². The van der Waals surface area contributed by atoms with E-state index in [0.29, 0.717) is 19.1 Å². The number of nitrogens with zero attached hydrogens (tertiary/aromatic N) is 1. The molecule has 4 heteroatoms. The molecular weight excluding hydrogens is 312 g/mol. The fourth-order valence-electron chi connectivity index (χ4n) is 3.09. The van der Waals surface area contributed by atoms with Gasteiger partial charge in [-0.1, -0.05) is 30.3 Å². The van der Waals surface area contributed by atoms with Crippen LogP contribution in [0.25, 0.3) is 0 Å². The molecule has 0 aliphatic heterocycles. The van der Waals surface area contributed by atoms with Gasteiger partial charge in [0.15, 0.2) is 0 Å². The van der Waals surface area contributed by atoms with Crippen LogP contribution in [0.1, 0.15) is 29.5 Å². The van der Waals surface area contributed by atoms with Gasteiger partial charge >= 0.3 is 0 Å². The molecule has 0 atom stereocenters. The van der Waals surface area contributed by atoms with Gasteiger partial charge in [-0.05, 0) is 55.5 Å². The Hall–Kier alpha value is -2.49. The summed E-state index contributed by atoms with van der Waals surface area (Å²) in [5.41, 5.74) is 4.53. The van der Waals surface area contributed by atoms with Gasteiger partial charge in [0.05, 0.1) is 13.7 Å². The van der Waals surface area contributed by atoms with E-state index in [4.69, 9.17) is 4.74 Å². The third-order valence-corrected chi connectivity index (χ3v) is 4.72. The van der Waals surface area contributed by atoms with Crippen molar-refractivity contribution < 1.29 is 9.53 Å². The van der Waals surface area contributed by atoms with Crippen molar-refractivity contribution in [1.82, 2.24) is 4.90 Å². The Morgan fingerprint density at radius 1 is 1.12 bits per heavy atom. The number of carbonyl (C=O) groups excluding carboxylic acids is 1. The lowest BCUT2D eigenvalue weighted by Crippen LogP contribution is -2.37. The van der Waals surface area contributed by atoms with E-state index in [1.54, 1.807) is 7.11 Å². The molecule has 1 amide bonds. The van der Waals surface area contributed by atoms with E-state index >= 15 is 0 Å². The largest absolute Gasteiger partial charge is 0.497 e. The number of methoxy groups -OCH3 is 1. The molecule has 0 spiro atoms. The molecule has 0 radical (unpaired) electrons. The summed E-state index contributed by atoms with van der Waals surface area (Å²) in [4.78, 5) is 14.8. The highest BCUT2D eigenvalue weighted by atomic mass is 16.5. The Morgan fingerprint density at radius 2 is 1.76 bits per heavy atom. The average molecular weight is 338 g/mol. The highest BCUT2D eigenvalue weighted by Crippen LogP contribution is 2.29. The highest BCUT2D eigenvalue weighted by molar-refractivity contribution is 5.82. The minimum absolute atomic E-state index is 0.154. The van der Waals surface area contributed by atoms with Gasteiger partial charge in [0.25, 0.3) is 0 Å². The first-order chi connectivity index (χ1) is 12.1. The molecule has 3 rings (SSSR count). The van der Waals surface area contributed by atoms with Crippen molar-refractivity contribution in [1.29, 1.82) is 0 Å². The molecule has 0 unspecified atom stereocenters. The van der Waals surface area contributed by atoms with Crippen LogP contribution in [-0.2, 0) is 11.3 Å². The van der Waals surface area contributed by atoms with Crippen molar-refractivity contribution in [3.63, 3.8) is 0 Å². The van der Waals surface area contributed by atoms with Gasteiger partial charge in [-0.25, -0.2) is 0 Å². The Kier molecular flexibility index (Phi) is 5.27. The molecule has 1 aliphatic rings. The average Bonchev–Trinajstić information content (AvgIpc) is 3.44. The van der Waals surface area contributed by atoms with E-state index in [0.717, 1.165) is 29.8 Å². The maximum atomic E-state index is 12.8. The van der Waals surface area contributed by atoms with Crippen LogP contribution in [0.5, 0.6) is 5.75 Å². The van der Waals surface area contributed by atoms with Crippen LogP contribution in [0.2, 0.25) is 0 Å². The van der Waals surface area contributed by atoms with Crippen molar-refractivity contribution in [2.75, 3.05) is 19.0 Å². The van der Waals surface area contributed by atoms with Crippen LogP contribution < -0.4 is 10.1 Å². The number of aryl methyl sites for hydroxylation is 2. The third kappa shape index (κ3) is 4.32. The normalized spacial score (nSPS) is 13.4. The zero-order valence-corrected chi connectivity index (χ0v) is 15.2. The predicted molar refractivity (Wildman–Crippen MR) is 101 cm³/mol. The molecule has 1 saturated carbocycles. The Balaban J connectivity index is 1.65. The number of amides is 1. The molecule has 0 aromatic heterocycles. The fourth-order valence-corrected chi connectivity index (χ4v) is 3.09. The maximum absolute atomic E-state index is 12.8. The van der Waals surface area contributed by atoms with Gasteiger partial charge in [0.1, 0.15) is 5.75 Å². The summed E-state index contributed by atoms with van der Waals surface area (Å²) in [6.07, 6.45) is 2.20. The predicted octanol–water partition coefficient (Wildman–Crippen LogP) is 3.92. The van der Waals surface area contributed by atoms with Gasteiger partial charge in [-0.3, -0.25) is 4.79 Å². The monoisotopic (exact) mass is 338 g/mol. The zero-order valence-electron chi connectivity index (χ0n) is 15.2. The minimum Gasteiger partial charge on any atom is -0.497 e. The van der Waals surface area contributed by atoms with Crippen LogP contribution in [-0.4, -0.2) is 30.5 Å². The fraction of sp³-hybridized carbons (Fsp3) is 0.381. The summed E-state index contributed by atoms with van der Waals surface area (Å²) < 4.78 is 5.20. The Bertz CT molecular complexity index is 716. The van der Waals surface area contributed by atoms with E-state index in [9.17, 15) is 4.79 Å². The topological polar surface area (TPSA) is 41.6 Å². The first-order valence-corrected chi connectivity index (χ1v) is 8.81. The van der Waals surface area contributed by atoms with Gasteiger partial charge in [0.2, 0.25) is 5.91 Å². The lowest BCUT2D eigenvalue weighted by molar-refractivity contribution is -0.130. The van der Waals surface area contributed by atoms with E-state index in [1.165, 1.54) is 11.1 Å². The number of hydrogen-bond donors (Lipinski definition) is 1. The molecule has 0 bridgehead atoms. The van der Waals surface area contributed by atoms with Gasteiger partial charge in [0, 0.05) is 18.3 Å². The van der Waals surface area contributed by atoms with Gasteiger partial charge in [-0.15, -0.1) is 0 Å². The van der Waals surface area contributed by atoms with E-state index < -0.39 is 0 Å². The molecule has 2 aromatic rings. The molecular formula is C21H26N2O2. The number of benzene rings is 2. The summed E-state index contributed by atoms with van der Waals surface area (Å²) in [6.45, 7) is 5.12. The maximum Gasteiger partial charge on any atom is 0.242 e. The molecule has 1 fully saturated rings. The molecule has 25 heavy (non-hydrogen) atoms. The molecule has 2 aromatic carbocycles. The van der Waals surface area contributed by atoms with Crippen LogP contribution >= 0.6 is 0 Å². The molecule has 132 valence electrons. The number of para-hydroxylation sites is 1. The third-order valence-electron chi connectivity index (χ3n) is 4.72. The smallest absolute Gasteiger partial charge is 0.242 e. The van der Waals surface area contributed by atoms with Crippen molar-refractivity contribution in [3.05, 3.63) is 59.2 Å². The number of nitrogens with one attached hydrogen (secondary N) is 1. The van der Waals surface area contributed by atoms with E-state index in [-0.39, 0.29) is 5.91 Å². The van der Waals surface area contributed by atoms with Crippen LogP contribution in [0.15, 0.2) is 42.5 Å². The second kappa shape index (κ2) is 7.60. The first-order valence-electron chi connectivity index (χ1n) is 8.81. The van der Waals surface area contributed by atoms with Crippen molar-refractivity contribution in [3.8, 4) is 5.75 Å². The standard InChI is InChI=1S/C21H26N2O2/c1-15-5-4-6-16(2)21(15)22-13-20(24)23(18-9-10-18)14-17-7-11-19(25-3)12-8-17/h4-8,11-12,18,22H,9-10,13-14H2,1-3H3. The molecule has 1 aliphatic carbocycles. The summed E-state index contributed by atoms with van der Waals surface area (Å²) in [7, 11) is 1.66. The number of rotatable bonds is 7. The SMILES string of the molecule is COc1ccc(CN(C(=O)CNc2c(C)cccc2C)C2CC2)cc1. The van der Waals surface area contributed by atoms with Crippen molar-refractivity contribution in [2.45, 2.75) is 39.3 Å². The number of hydrogen-bond acceptors (Lipinski definition) is 3.